The summed E-state index contributed by atoms with van der Waals surface area (Å²) in [6, 6.07) is 2.19. The van der Waals surface area contributed by atoms with E-state index in [1.807, 2.05) is 0 Å². The van der Waals surface area contributed by atoms with Crippen molar-refractivity contribution in [3.8, 4) is 17.3 Å². The van der Waals surface area contributed by atoms with Crippen LogP contribution in [0.2, 0.25) is 5.02 Å². The van der Waals surface area contributed by atoms with Gasteiger partial charge in [-0.05, 0) is 44.0 Å². The van der Waals surface area contributed by atoms with Gasteiger partial charge < -0.3 is 15.4 Å². The van der Waals surface area contributed by atoms with Gasteiger partial charge in [-0.1, -0.05) is 11.6 Å². The van der Waals surface area contributed by atoms with Gasteiger partial charge in [0.05, 0.1) is 27.4 Å². The van der Waals surface area contributed by atoms with Crippen LogP contribution in [0.1, 0.15) is 30.4 Å². The third-order valence-electron chi connectivity index (χ3n) is 7.25. The number of hydrogen-bond acceptors (Lipinski definition) is 7. The van der Waals surface area contributed by atoms with E-state index in [0.717, 1.165) is 25.5 Å². The van der Waals surface area contributed by atoms with Crippen LogP contribution in [0, 0.1) is 12.7 Å². The Balaban J connectivity index is 1.65. The number of nitrogen functional groups attached to an aromatic ring is 1. The highest BCUT2D eigenvalue weighted by atomic mass is 35.5. The molecule has 2 aliphatic heterocycles. The van der Waals surface area contributed by atoms with E-state index in [1.54, 1.807) is 19.0 Å². The predicted octanol–water partition coefficient (Wildman–Crippen LogP) is 5.41. The van der Waals surface area contributed by atoms with E-state index < -0.39 is 40.5 Å². The van der Waals surface area contributed by atoms with Gasteiger partial charge in [-0.15, -0.1) is 0 Å². The normalized spacial score (nSPS) is 21.8. The number of ether oxygens (including phenoxy) is 1. The summed E-state index contributed by atoms with van der Waals surface area (Å²) in [6.45, 7) is 2.40. The molecule has 2 aliphatic rings. The fourth-order valence-corrected chi connectivity index (χ4v) is 5.95. The fourth-order valence-electron chi connectivity index (χ4n) is 5.67. The summed E-state index contributed by atoms with van der Waals surface area (Å²) in [6.07, 6.45) is -3.84. The minimum atomic E-state index is -4.85. The van der Waals surface area contributed by atoms with Crippen molar-refractivity contribution in [2.45, 2.75) is 44.1 Å². The second-order valence-corrected chi connectivity index (χ2v) is 10.5. The van der Waals surface area contributed by atoms with Gasteiger partial charge in [0.25, 0.3) is 0 Å². The van der Waals surface area contributed by atoms with Crippen molar-refractivity contribution in [1.29, 1.82) is 0 Å². The Bertz CT molecular complexity index is 1420. The molecule has 0 bridgehead atoms. The molecule has 13 heteroatoms. The van der Waals surface area contributed by atoms with Crippen LogP contribution < -0.4 is 15.4 Å². The maximum Gasteiger partial charge on any atom is 0.418 e. The van der Waals surface area contributed by atoms with Crippen LogP contribution in [0.25, 0.3) is 22.2 Å². The Labute approximate surface area is 220 Å². The monoisotopic (exact) mass is 556 g/mol. The average Bonchev–Trinajstić information content (AvgIpc) is 3.31. The molecule has 1 aromatic carbocycles. The predicted molar refractivity (Wildman–Crippen MR) is 135 cm³/mol. The van der Waals surface area contributed by atoms with Crippen LogP contribution in [-0.4, -0.2) is 65.4 Å². The topological polar surface area (TPSA) is 80.4 Å². The first kappa shape index (κ1) is 26.6. The lowest BCUT2D eigenvalue weighted by molar-refractivity contribution is -0.137. The molecule has 4 heterocycles. The molecule has 2 aromatic heterocycles. The second-order valence-electron chi connectivity index (χ2n) is 10.1. The molecule has 2 fully saturated rings. The first-order valence-electron chi connectivity index (χ1n) is 12.0. The van der Waals surface area contributed by atoms with Gasteiger partial charge in [-0.3, -0.25) is 4.90 Å². The molecule has 0 aliphatic carbocycles. The molecule has 7 nitrogen and oxygen atoms in total. The van der Waals surface area contributed by atoms with Gasteiger partial charge in [0.15, 0.2) is 5.82 Å². The fraction of sp³-hybridized carbons (Fsp3) is 0.480. The van der Waals surface area contributed by atoms with Crippen LogP contribution in [-0.2, 0) is 6.18 Å². The molecule has 5 rings (SSSR count). The number of halogens is 6. The van der Waals surface area contributed by atoms with Crippen LogP contribution in [0.15, 0.2) is 12.1 Å². The van der Waals surface area contributed by atoms with Crippen LogP contribution in [0.5, 0.6) is 6.01 Å². The zero-order valence-electron chi connectivity index (χ0n) is 21.0. The maximum absolute atomic E-state index is 16.1. The SMILES string of the molecule is Cc1cc(N)nc(-c2c(Cl)cc3c(N(C)C)nc(OC[C@@]45CCCN4C[C@H](F)C5)nc3c2F)c1C(F)(F)F. The molecule has 0 amide bonds. The summed E-state index contributed by atoms with van der Waals surface area (Å²) >= 11 is 6.37. The third kappa shape index (κ3) is 4.47. The number of aryl methyl sites for hydroxylation is 1. The van der Waals surface area contributed by atoms with E-state index in [0.29, 0.717) is 13.0 Å². The standard InChI is InChI=1S/C25H26ClF5N6O/c1-12-7-16(32)33-21(18(12)25(29,30)31)17-15(26)8-14-20(19(17)28)34-23(35-22(14)36(2)3)38-11-24-5-4-6-37(24)10-13(27)9-24/h7-8,13H,4-6,9-11H2,1-3H3,(H2,32,33)/t13-,24+/m1/s1. The number of fused-ring (bicyclic) bond motifs is 2. The van der Waals surface area contributed by atoms with E-state index in [9.17, 15) is 17.6 Å². The van der Waals surface area contributed by atoms with Gasteiger partial charge in [0.2, 0.25) is 0 Å². The summed E-state index contributed by atoms with van der Waals surface area (Å²) in [5.74, 6) is -1.08. The van der Waals surface area contributed by atoms with E-state index in [2.05, 4.69) is 19.9 Å². The Morgan fingerprint density at radius 1 is 1.24 bits per heavy atom. The number of anilines is 2. The van der Waals surface area contributed by atoms with Crippen molar-refractivity contribution in [3.05, 3.63) is 34.1 Å². The molecule has 38 heavy (non-hydrogen) atoms. The van der Waals surface area contributed by atoms with Crippen molar-refractivity contribution in [1.82, 2.24) is 19.9 Å². The van der Waals surface area contributed by atoms with Crippen LogP contribution >= 0.6 is 11.6 Å². The Morgan fingerprint density at radius 3 is 2.66 bits per heavy atom. The van der Waals surface area contributed by atoms with E-state index >= 15 is 4.39 Å². The highest BCUT2D eigenvalue weighted by molar-refractivity contribution is 6.34. The van der Waals surface area contributed by atoms with Gasteiger partial charge in [-0.25, -0.2) is 13.8 Å². The lowest BCUT2D eigenvalue weighted by Crippen LogP contribution is -2.43. The summed E-state index contributed by atoms with van der Waals surface area (Å²) < 4.78 is 78.2. The molecule has 0 spiro atoms. The van der Waals surface area contributed by atoms with Crippen molar-refractivity contribution in [2.75, 3.05) is 44.4 Å². The second kappa shape index (κ2) is 9.33. The zero-order chi connectivity index (χ0) is 27.6. The highest BCUT2D eigenvalue weighted by Crippen LogP contribution is 2.45. The van der Waals surface area contributed by atoms with Gasteiger partial charge in [0, 0.05) is 32.4 Å². The van der Waals surface area contributed by atoms with Crippen LogP contribution in [0.3, 0.4) is 0 Å². The number of nitrogens with two attached hydrogens (primary N) is 1. The smallest absolute Gasteiger partial charge is 0.418 e. The lowest BCUT2D eigenvalue weighted by Gasteiger charge is -2.31. The average molecular weight is 557 g/mol. The van der Waals surface area contributed by atoms with Crippen molar-refractivity contribution >= 4 is 34.1 Å². The van der Waals surface area contributed by atoms with Crippen molar-refractivity contribution in [2.24, 2.45) is 0 Å². The van der Waals surface area contributed by atoms with E-state index in [1.165, 1.54) is 13.0 Å². The van der Waals surface area contributed by atoms with E-state index in [-0.39, 0.29) is 45.7 Å². The molecule has 0 saturated carbocycles. The maximum atomic E-state index is 16.1. The van der Waals surface area contributed by atoms with Gasteiger partial charge in [0.1, 0.15) is 29.9 Å². The summed E-state index contributed by atoms with van der Waals surface area (Å²) in [7, 11) is 3.33. The molecular formula is C25H26ClF5N6O. The number of alkyl halides is 4. The van der Waals surface area contributed by atoms with E-state index in [4.69, 9.17) is 22.1 Å². The number of pyridine rings is 1. The highest BCUT2D eigenvalue weighted by Gasteiger charge is 2.49. The number of hydrogen-bond donors (Lipinski definition) is 1. The minimum absolute atomic E-state index is 0.0993. The summed E-state index contributed by atoms with van der Waals surface area (Å²) in [4.78, 5) is 16.1. The zero-order valence-corrected chi connectivity index (χ0v) is 21.7. The first-order valence-corrected chi connectivity index (χ1v) is 12.4. The molecule has 2 saturated heterocycles. The molecule has 0 radical (unpaired) electrons. The third-order valence-corrected chi connectivity index (χ3v) is 7.55. The summed E-state index contributed by atoms with van der Waals surface area (Å²) in [5, 5.41) is -0.132. The largest absolute Gasteiger partial charge is 0.461 e. The molecule has 2 N–H and O–H groups in total. The lowest BCUT2D eigenvalue weighted by atomic mass is 9.95. The van der Waals surface area contributed by atoms with Crippen LogP contribution in [0.4, 0.5) is 33.6 Å². The molecular weight excluding hydrogens is 531 g/mol. The summed E-state index contributed by atoms with van der Waals surface area (Å²) in [5.41, 5.74) is 2.28. The Kier molecular flexibility index (Phi) is 6.54. The molecule has 3 aromatic rings. The number of rotatable bonds is 5. The number of aromatic nitrogens is 3. The van der Waals surface area contributed by atoms with Crippen molar-refractivity contribution in [3.63, 3.8) is 0 Å². The molecule has 2 atom stereocenters. The van der Waals surface area contributed by atoms with Gasteiger partial charge in [-0.2, -0.15) is 23.1 Å². The number of benzene rings is 1. The quantitative estimate of drug-likeness (QED) is 0.421. The number of nitrogens with zero attached hydrogens (tertiary/aromatic N) is 5. The minimum Gasteiger partial charge on any atom is -0.461 e. The van der Waals surface area contributed by atoms with Gasteiger partial charge >= 0.3 is 12.2 Å². The Hall–Kier alpha value is -2.99. The molecule has 0 unspecified atom stereocenters. The first-order chi connectivity index (χ1) is 17.8. The molecule has 204 valence electrons. The van der Waals surface area contributed by atoms with Crippen molar-refractivity contribution < 1.29 is 26.7 Å². The Morgan fingerprint density at radius 2 is 1.97 bits per heavy atom.